The molecule has 0 aliphatic carbocycles. The van der Waals surface area contributed by atoms with Crippen LogP contribution in [0.4, 0.5) is 11.4 Å². The van der Waals surface area contributed by atoms with E-state index < -0.39 is 0 Å². The SMILES string of the molecule is Cc1ccc(NC(=O)CNc2ccccc2OCCOc2ccccc2)cc1. The van der Waals surface area contributed by atoms with Crippen LogP contribution in [0.15, 0.2) is 78.9 Å². The maximum atomic E-state index is 12.2. The van der Waals surface area contributed by atoms with Crippen LogP contribution in [0.25, 0.3) is 0 Å². The molecule has 0 heterocycles. The molecule has 144 valence electrons. The highest BCUT2D eigenvalue weighted by atomic mass is 16.5. The zero-order chi connectivity index (χ0) is 19.6. The van der Waals surface area contributed by atoms with Gasteiger partial charge in [0.05, 0.1) is 12.2 Å². The number of carbonyl (C=O) groups is 1. The molecule has 0 bridgehead atoms. The predicted octanol–water partition coefficient (Wildman–Crippen LogP) is 4.50. The van der Waals surface area contributed by atoms with Crippen molar-refractivity contribution in [3.05, 3.63) is 84.4 Å². The number of hydrogen-bond donors (Lipinski definition) is 2. The molecule has 0 unspecified atom stereocenters. The van der Waals surface area contributed by atoms with E-state index in [1.54, 1.807) is 0 Å². The zero-order valence-corrected chi connectivity index (χ0v) is 15.9. The third kappa shape index (κ3) is 6.06. The highest BCUT2D eigenvalue weighted by molar-refractivity contribution is 5.93. The largest absolute Gasteiger partial charge is 0.490 e. The zero-order valence-electron chi connectivity index (χ0n) is 15.9. The Morgan fingerprint density at radius 1 is 0.821 bits per heavy atom. The van der Waals surface area contributed by atoms with Crippen LogP contribution in [0.1, 0.15) is 5.56 Å². The van der Waals surface area contributed by atoms with E-state index >= 15 is 0 Å². The Bertz CT molecular complexity index is 880. The lowest BCUT2D eigenvalue weighted by atomic mass is 10.2. The van der Waals surface area contributed by atoms with E-state index in [2.05, 4.69) is 10.6 Å². The Balaban J connectivity index is 1.46. The van der Waals surface area contributed by atoms with Gasteiger partial charge in [0.2, 0.25) is 5.91 Å². The van der Waals surface area contributed by atoms with E-state index in [9.17, 15) is 4.79 Å². The van der Waals surface area contributed by atoms with Crippen LogP contribution < -0.4 is 20.1 Å². The van der Waals surface area contributed by atoms with E-state index in [1.165, 1.54) is 0 Å². The van der Waals surface area contributed by atoms with Gasteiger partial charge in [0, 0.05) is 5.69 Å². The lowest BCUT2D eigenvalue weighted by Gasteiger charge is -2.14. The smallest absolute Gasteiger partial charge is 0.243 e. The first kappa shape index (κ1) is 19.3. The lowest BCUT2D eigenvalue weighted by Crippen LogP contribution is -2.22. The molecular formula is C23H24N2O3. The number of aryl methyl sites for hydroxylation is 1. The normalized spacial score (nSPS) is 10.2. The van der Waals surface area contributed by atoms with Gasteiger partial charge >= 0.3 is 0 Å². The fourth-order valence-electron chi connectivity index (χ4n) is 2.58. The summed E-state index contributed by atoms with van der Waals surface area (Å²) in [4.78, 5) is 12.2. The fraction of sp³-hybridized carbons (Fsp3) is 0.174. The first-order valence-electron chi connectivity index (χ1n) is 9.21. The molecule has 3 rings (SSSR count). The molecule has 0 spiro atoms. The number of nitrogens with one attached hydrogen (secondary N) is 2. The molecule has 2 N–H and O–H groups in total. The molecule has 0 aliphatic rings. The molecule has 0 aromatic heterocycles. The molecular weight excluding hydrogens is 352 g/mol. The Hall–Kier alpha value is -3.47. The summed E-state index contributed by atoms with van der Waals surface area (Å²) in [5.74, 6) is 1.37. The van der Waals surface area contributed by atoms with Gasteiger partial charge in [0.15, 0.2) is 0 Å². The number of ether oxygens (including phenoxy) is 2. The van der Waals surface area contributed by atoms with Gasteiger partial charge < -0.3 is 20.1 Å². The second-order valence-corrected chi connectivity index (χ2v) is 6.27. The summed E-state index contributed by atoms with van der Waals surface area (Å²) in [6, 6.07) is 24.8. The Morgan fingerprint density at radius 2 is 1.50 bits per heavy atom. The average Bonchev–Trinajstić information content (AvgIpc) is 2.73. The third-order valence-corrected chi connectivity index (χ3v) is 4.01. The van der Waals surface area contributed by atoms with Gasteiger partial charge in [-0.3, -0.25) is 4.79 Å². The van der Waals surface area contributed by atoms with Gasteiger partial charge in [-0.2, -0.15) is 0 Å². The summed E-state index contributed by atoms with van der Waals surface area (Å²) < 4.78 is 11.4. The molecule has 28 heavy (non-hydrogen) atoms. The summed E-state index contributed by atoms with van der Waals surface area (Å²) in [5, 5.41) is 5.99. The fourth-order valence-corrected chi connectivity index (χ4v) is 2.58. The number of anilines is 2. The quantitative estimate of drug-likeness (QED) is 0.540. The molecule has 1 amide bonds. The molecule has 0 saturated heterocycles. The first-order valence-corrected chi connectivity index (χ1v) is 9.21. The summed E-state index contributed by atoms with van der Waals surface area (Å²) >= 11 is 0. The number of benzene rings is 3. The van der Waals surface area contributed by atoms with Gasteiger partial charge in [0.25, 0.3) is 0 Å². The molecule has 0 fully saturated rings. The van der Waals surface area contributed by atoms with Crippen LogP contribution in [0, 0.1) is 6.92 Å². The van der Waals surface area contributed by atoms with Crippen molar-refractivity contribution in [1.29, 1.82) is 0 Å². The maximum absolute atomic E-state index is 12.2. The van der Waals surface area contributed by atoms with E-state index in [1.807, 2.05) is 85.8 Å². The standard InChI is InChI=1S/C23H24N2O3/c1-18-11-13-19(14-12-18)25-23(26)17-24-21-9-5-6-10-22(21)28-16-15-27-20-7-3-2-4-8-20/h2-14,24H,15-17H2,1H3,(H,25,26). The number of amides is 1. The van der Waals surface area contributed by atoms with Crippen LogP contribution in [0.5, 0.6) is 11.5 Å². The second-order valence-electron chi connectivity index (χ2n) is 6.27. The van der Waals surface area contributed by atoms with Crippen molar-refractivity contribution in [3.63, 3.8) is 0 Å². The van der Waals surface area contributed by atoms with Crippen molar-refractivity contribution in [2.24, 2.45) is 0 Å². The number of para-hydroxylation sites is 3. The summed E-state index contributed by atoms with van der Waals surface area (Å²) in [6.07, 6.45) is 0. The predicted molar refractivity (Wildman–Crippen MR) is 112 cm³/mol. The third-order valence-electron chi connectivity index (χ3n) is 4.01. The lowest BCUT2D eigenvalue weighted by molar-refractivity contribution is -0.114. The highest BCUT2D eigenvalue weighted by Crippen LogP contribution is 2.23. The second kappa shape index (κ2) is 10.0. The van der Waals surface area contributed by atoms with Crippen LogP contribution in [-0.2, 0) is 4.79 Å². The van der Waals surface area contributed by atoms with Crippen molar-refractivity contribution in [2.75, 3.05) is 30.4 Å². The van der Waals surface area contributed by atoms with Gasteiger partial charge in [-0.25, -0.2) is 0 Å². The Kier molecular flexibility index (Phi) is 6.90. The minimum absolute atomic E-state index is 0.119. The minimum atomic E-state index is -0.119. The maximum Gasteiger partial charge on any atom is 0.243 e. The summed E-state index contributed by atoms with van der Waals surface area (Å²) in [6.45, 7) is 3.00. The molecule has 5 nitrogen and oxygen atoms in total. The molecule has 5 heteroatoms. The molecule has 0 atom stereocenters. The van der Waals surface area contributed by atoms with E-state index in [4.69, 9.17) is 9.47 Å². The van der Waals surface area contributed by atoms with E-state index in [0.717, 1.165) is 22.7 Å². The van der Waals surface area contributed by atoms with Crippen LogP contribution in [-0.4, -0.2) is 25.7 Å². The first-order chi connectivity index (χ1) is 13.7. The van der Waals surface area contributed by atoms with Crippen LogP contribution in [0.2, 0.25) is 0 Å². The molecule has 0 radical (unpaired) electrons. The van der Waals surface area contributed by atoms with Crippen molar-refractivity contribution in [1.82, 2.24) is 0 Å². The van der Waals surface area contributed by atoms with Crippen LogP contribution in [0.3, 0.4) is 0 Å². The highest BCUT2D eigenvalue weighted by Gasteiger charge is 2.06. The number of carbonyl (C=O) groups excluding carboxylic acids is 1. The average molecular weight is 376 g/mol. The molecule has 0 saturated carbocycles. The van der Waals surface area contributed by atoms with Crippen molar-refractivity contribution in [3.8, 4) is 11.5 Å². The Morgan fingerprint density at radius 3 is 2.29 bits per heavy atom. The molecule has 3 aromatic carbocycles. The van der Waals surface area contributed by atoms with Gasteiger partial charge in [-0.1, -0.05) is 48.0 Å². The van der Waals surface area contributed by atoms with Crippen molar-refractivity contribution < 1.29 is 14.3 Å². The van der Waals surface area contributed by atoms with Gasteiger partial charge in [0.1, 0.15) is 24.7 Å². The van der Waals surface area contributed by atoms with Crippen molar-refractivity contribution in [2.45, 2.75) is 6.92 Å². The van der Waals surface area contributed by atoms with Crippen molar-refractivity contribution >= 4 is 17.3 Å². The summed E-state index contributed by atoms with van der Waals surface area (Å²) in [7, 11) is 0. The van der Waals surface area contributed by atoms with Gasteiger partial charge in [-0.15, -0.1) is 0 Å². The monoisotopic (exact) mass is 376 g/mol. The van der Waals surface area contributed by atoms with E-state index in [-0.39, 0.29) is 12.5 Å². The van der Waals surface area contributed by atoms with Gasteiger partial charge in [-0.05, 0) is 43.3 Å². The summed E-state index contributed by atoms with van der Waals surface area (Å²) in [5.41, 5.74) is 2.69. The topological polar surface area (TPSA) is 59.6 Å². The number of rotatable bonds is 9. The minimum Gasteiger partial charge on any atom is -0.490 e. The molecule has 0 aliphatic heterocycles. The van der Waals surface area contributed by atoms with Crippen LogP contribution >= 0.6 is 0 Å². The molecule has 3 aromatic rings. The Labute approximate surface area is 165 Å². The van der Waals surface area contributed by atoms with E-state index in [0.29, 0.717) is 19.0 Å². The number of hydrogen-bond acceptors (Lipinski definition) is 4.